The second-order valence-corrected chi connectivity index (χ2v) is 5.61. The molecule has 3 rings (SSSR count). The summed E-state index contributed by atoms with van der Waals surface area (Å²) >= 11 is 1.46. The maximum atomic E-state index is 11.5. The molecule has 0 radical (unpaired) electrons. The minimum Gasteiger partial charge on any atom is -0.457 e. The zero-order valence-corrected chi connectivity index (χ0v) is 13.1. The van der Waals surface area contributed by atoms with Gasteiger partial charge in [0.25, 0.3) is 0 Å². The van der Waals surface area contributed by atoms with E-state index < -0.39 is 0 Å². The molecular weight excluding hydrogens is 310 g/mol. The maximum absolute atomic E-state index is 11.5. The van der Waals surface area contributed by atoms with Gasteiger partial charge in [-0.15, -0.1) is 6.58 Å². The van der Waals surface area contributed by atoms with E-state index in [2.05, 4.69) is 21.6 Å². The van der Waals surface area contributed by atoms with Crippen molar-refractivity contribution >= 4 is 33.3 Å². The molecule has 2 N–H and O–H groups in total. The SMILES string of the molecule is C=CCNC(=O)Nc1ccc(Oc2ccc3sncc3c2)cc1. The van der Waals surface area contributed by atoms with E-state index in [4.69, 9.17) is 4.74 Å². The first-order valence-corrected chi connectivity index (χ1v) is 7.80. The van der Waals surface area contributed by atoms with Crippen molar-refractivity contribution in [2.75, 3.05) is 11.9 Å². The molecule has 0 saturated heterocycles. The number of amides is 2. The van der Waals surface area contributed by atoms with Crippen LogP contribution in [0.25, 0.3) is 10.1 Å². The van der Waals surface area contributed by atoms with E-state index in [9.17, 15) is 4.79 Å². The Bertz CT molecular complexity index is 827. The summed E-state index contributed by atoms with van der Waals surface area (Å²) in [4.78, 5) is 11.5. The molecule has 1 heterocycles. The molecule has 23 heavy (non-hydrogen) atoms. The summed E-state index contributed by atoms with van der Waals surface area (Å²) in [5.41, 5.74) is 0.691. The normalized spacial score (nSPS) is 10.3. The highest BCUT2D eigenvalue weighted by Crippen LogP contribution is 2.27. The number of nitrogens with one attached hydrogen (secondary N) is 2. The van der Waals surface area contributed by atoms with Crippen molar-refractivity contribution in [3.8, 4) is 11.5 Å². The highest BCUT2D eigenvalue weighted by atomic mass is 32.1. The quantitative estimate of drug-likeness (QED) is 0.684. The van der Waals surface area contributed by atoms with Gasteiger partial charge >= 0.3 is 6.03 Å². The lowest BCUT2D eigenvalue weighted by Gasteiger charge is -2.08. The van der Waals surface area contributed by atoms with Gasteiger partial charge in [-0.05, 0) is 54.0 Å². The number of hydrogen-bond donors (Lipinski definition) is 2. The topological polar surface area (TPSA) is 63.2 Å². The van der Waals surface area contributed by atoms with Gasteiger partial charge < -0.3 is 15.4 Å². The predicted molar refractivity (Wildman–Crippen MR) is 93.4 cm³/mol. The van der Waals surface area contributed by atoms with E-state index in [1.54, 1.807) is 30.3 Å². The zero-order chi connectivity index (χ0) is 16.1. The molecule has 0 aliphatic rings. The average molecular weight is 325 g/mol. The Morgan fingerprint density at radius 3 is 2.78 bits per heavy atom. The molecule has 0 fully saturated rings. The van der Waals surface area contributed by atoms with Crippen LogP contribution in [-0.4, -0.2) is 16.9 Å². The van der Waals surface area contributed by atoms with Crippen LogP contribution in [-0.2, 0) is 0 Å². The van der Waals surface area contributed by atoms with E-state index in [-0.39, 0.29) is 6.03 Å². The number of carbonyl (C=O) groups excluding carboxylic acids is 1. The van der Waals surface area contributed by atoms with Crippen LogP contribution in [0.3, 0.4) is 0 Å². The first-order chi connectivity index (χ1) is 11.2. The molecular formula is C17H15N3O2S. The summed E-state index contributed by atoms with van der Waals surface area (Å²) in [5, 5.41) is 6.43. The van der Waals surface area contributed by atoms with Crippen molar-refractivity contribution in [3.63, 3.8) is 0 Å². The third-order valence-electron chi connectivity index (χ3n) is 3.08. The maximum Gasteiger partial charge on any atom is 0.319 e. The summed E-state index contributed by atoms with van der Waals surface area (Å²) in [5.74, 6) is 1.45. The second kappa shape index (κ2) is 6.93. The van der Waals surface area contributed by atoms with Crippen LogP contribution in [0.1, 0.15) is 0 Å². The lowest BCUT2D eigenvalue weighted by atomic mass is 10.2. The summed E-state index contributed by atoms with van der Waals surface area (Å²) in [7, 11) is 0. The zero-order valence-electron chi connectivity index (χ0n) is 12.3. The standard InChI is InChI=1S/C17H15N3O2S/c1-2-9-18-17(21)20-13-3-5-14(6-4-13)22-15-7-8-16-12(10-15)11-19-23-16/h2-8,10-11H,1,9H2,(H2,18,20,21). The number of ether oxygens (including phenoxy) is 1. The van der Waals surface area contributed by atoms with Gasteiger partial charge in [0.2, 0.25) is 0 Å². The number of carbonyl (C=O) groups is 1. The number of nitrogens with zero attached hydrogens (tertiary/aromatic N) is 1. The Hall–Kier alpha value is -2.86. The van der Waals surface area contributed by atoms with Crippen LogP contribution in [0.2, 0.25) is 0 Å². The molecule has 0 spiro atoms. The minimum absolute atomic E-state index is 0.269. The fourth-order valence-corrected chi connectivity index (χ4v) is 2.62. The van der Waals surface area contributed by atoms with Crippen LogP contribution in [0.5, 0.6) is 11.5 Å². The highest BCUT2D eigenvalue weighted by Gasteiger charge is 2.03. The number of rotatable bonds is 5. The van der Waals surface area contributed by atoms with Crippen molar-refractivity contribution in [2.45, 2.75) is 0 Å². The molecule has 0 aliphatic heterocycles. The van der Waals surface area contributed by atoms with Crippen molar-refractivity contribution in [2.24, 2.45) is 0 Å². The lowest BCUT2D eigenvalue weighted by Crippen LogP contribution is -2.28. The molecule has 5 nitrogen and oxygen atoms in total. The first kappa shape index (κ1) is 15.1. The number of urea groups is 1. The van der Waals surface area contributed by atoms with Crippen molar-refractivity contribution in [3.05, 3.63) is 61.3 Å². The number of fused-ring (bicyclic) bond motifs is 1. The van der Waals surface area contributed by atoms with Gasteiger partial charge in [0.1, 0.15) is 11.5 Å². The predicted octanol–water partition coefficient (Wildman–Crippen LogP) is 4.40. The molecule has 0 aliphatic carbocycles. The van der Waals surface area contributed by atoms with Crippen LogP contribution < -0.4 is 15.4 Å². The van der Waals surface area contributed by atoms with Gasteiger partial charge in [-0.1, -0.05) is 6.08 Å². The molecule has 6 heteroatoms. The highest BCUT2D eigenvalue weighted by molar-refractivity contribution is 7.13. The number of hydrogen-bond acceptors (Lipinski definition) is 4. The third-order valence-corrected chi connectivity index (χ3v) is 3.86. The summed E-state index contributed by atoms with van der Waals surface area (Å²) in [6.07, 6.45) is 3.44. The van der Waals surface area contributed by atoms with E-state index >= 15 is 0 Å². The summed E-state index contributed by atoms with van der Waals surface area (Å²) in [6, 6.07) is 12.8. The van der Waals surface area contributed by atoms with E-state index in [0.29, 0.717) is 18.0 Å². The van der Waals surface area contributed by atoms with Crippen molar-refractivity contribution < 1.29 is 9.53 Å². The van der Waals surface area contributed by atoms with Crippen LogP contribution in [0, 0.1) is 0 Å². The van der Waals surface area contributed by atoms with Gasteiger partial charge in [0, 0.05) is 23.8 Å². The Kier molecular flexibility index (Phi) is 4.54. The molecule has 0 bridgehead atoms. The smallest absolute Gasteiger partial charge is 0.319 e. The molecule has 116 valence electrons. The number of benzene rings is 2. The second-order valence-electron chi connectivity index (χ2n) is 4.78. The van der Waals surface area contributed by atoms with Crippen molar-refractivity contribution in [1.82, 2.24) is 9.69 Å². The third kappa shape index (κ3) is 3.87. The summed E-state index contributed by atoms with van der Waals surface area (Å²) in [6.45, 7) is 3.97. The first-order valence-electron chi connectivity index (χ1n) is 7.03. The van der Waals surface area contributed by atoms with Crippen molar-refractivity contribution in [1.29, 1.82) is 0 Å². The Balaban J connectivity index is 1.64. The van der Waals surface area contributed by atoms with E-state index in [0.717, 1.165) is 15.8 Å². The monoisotopic (exact) mass is 325 g/mol. The van der Waals surface area contributed by atoms with Crippen LogP contribution in [0.4, 0.5) is 10.5 Å². The fraction of sp³-hybridized carbons (Fsp3) is 0.0588. The van der Waals surface area contributed by atoms with E-state index in [1.165, 1.54) is 11.5 Å². The van der Waals surface area contributed by atoms with E-state index in [1.807, 2.05) is 24.4 Å². The van der Waals surface area contributed by atoms with Gasteiger partial charge in [-0.2, -0.15) is 4.37 Å². The lowest BCUT2D eigenvalue weighted by molar-refractivity contribution is 0.253. The number of aromatic nitrogens is 1. The number of anilines is 1. The molecule has 3 aromatic rings. The molecule has 0 unspecified atom stereocenters. The molecule has 2 amide bonds. The Morgan fingerprint density at radius 1 is 1.22 bits per heavy atom. The Labute approximate surface area is 137 Å². The van der Waals surface area contributed by atoms with Crippen LogP contribution >= 0.6 is 11.5 Å². The van der Waals surface area contributed by atoms with Gasteiger partial charge in [-0.3, -0.25) is 0 Å². The van der Waals surface area contributed by atoms with Gasteiger partial charge in [0.15, 0.2) is 0 Å². The molecule has 0 saturated carbocycles. The largest absolute Gasteiger partial charge is 0.457 e. The average Bonchev–Trinajstić information content (AvgIpc) is 3.02. The van der Waals surface area contributed by atoms with Crippen LogP contribution in [0.15, 0.2) is 61.3 Å². The van der Waals surface area contributed by atoms with Gasteiger partial charge in [-0.25, -0.2) is 4.79 Å². The van der Waals surface area contributed by atoms with Gasteiger partial charge in [0.05, 0.1) is 4.70 Å². The Morgan fingerprint density at radius 2 is 2.00 bits per heavy atom. The molecule has 1 aromatic heterocycles. The summed E-state index contributed by atoms with van der Waals surface area (Å²) < 4.78 is 11.1. The molecule has 0 atom stereocenters. The fourth-order valence-electron chi connectivity index (χ4n) is 2.00. The molecule has 2 aromatic carbocycles. The minimum atomic E-state index is -0.269.